The minimum absolute atomic E-state index is 0.365. The maximum Gasteiger partial charge on any atom is 0.248 e. The maximum atomic E-state index is 10.6. The van der Waals surface area contributed by atoms with Crippen molar-refractivity contribution in [3.8, 4) is 0 Å². The molecule has 0 heterocycles. The summed E-state index contributed by atoms with van der Waals surface area (Å²) in [5, 5.41) is -0.365. The highest BCUT2D eigenvalue weighted by molar-refractivity contribution is 6.67. The Morgan fingerprint density at radius 2 is 2.20 bits per heavy atom. The summed E-state index contributed by atoms with van der Waals surface area (Å²) in [6.45, 7) is 0. The molecule has 0 bridgehead atoms. The number of hydrogen-bond acceptors (Lipinski definition) is 1. The SMILES string of the molecule is O=C(Cl)C1=CC=CC=CC1. The van der Waals surface area contributed by atoms with E-state index in [2.05, 4.69) is 0 Å². The van der Waals surface area contributed by atoms with Crippen molar-refractivity contribution in [2.24, 2.45) is 0 Å². The summed E-state index contributed by atoms with van der Waals surface area (Å²) in [5.74, 6) is 0. The molecule has 0 unspecified atom stereocenters. The molecule has 0 aromatic carbocycles. The van der Waals surface area contributed by atoms with Gasteiger partial charge in [-0.3, -0.25) is 4.79 Å². The summed E-state index contributed by atoms with van der Waals surface area (Å²) >= 11 is 5.25. The fourth-order valence-corrected chi connectivity index (χ4v) is 0.863. The molecule has 10 heavy (non-hydrogen) atoms. The fraction of sp³-hybridized carbons (Fsp3) is 0.125. The first-order valence-electron chi connectivity index (χ1n) is 3.03. The Labute approximate surface area is 64.7 Å². The van der Waals surface area contributed by atoms with Crippen LogP contribution in [0.15, 0.2) is 36.0 Å². The molecule has 0 saturated carbocycles. The molecule has 1 rings (SSSR count). The van der Waals surface area contributed by atoms with Crippen molar-refractivity contribution >= 4 is 16.8 Å². The number of hydrogen-bond donors (Lipinski definition) is 0. The van der Waals surface area contributed by atoms with E-state index in [9.17, 15) is 4.79 Å². The first kappa shape index (κ1) is 7.29. The minimum atomic E-state index is -0.365. The fourth-order valence-electron chi connectivity index (χ4n) is 0.723. The molecular formula is C8H7ClO. The number of halogens is 1. The number of allylic oxidation sites excluding steroid dienone is 6. The number of rotatable bonds is 1. The molecule has 1 nitrogen and oxygen atoms in total. The van der Waals surface area contributed by atoms with Crippen LogP contribution in [0.2, 0.25) is 0 Å². The first-order valence-corrected chi connectivity index (χ1v) is 3.40. The maximum absolute atomic E-state index is 10.6. The lowest BCUT2D eigenvalue weighted by atomic mass is 10.2. The third-order valence-electron chi connectivity index (χ3n) is 1.25. The molecule has 0 radical (unpaired) electrons. The van der Waals surface area contributed by atoms with Crippen LogP contribution in [0.4, 0.5) is 0 Å². The van der Waals surface area contributed by atoms with Gasteiger partial charge in [-0.25, -0.2) is 0 Å². The third-order valence-corrected chi connectivity index (χ3v) is 1.49. The van der Waals surface area contributed by atoms with Crippen LogP contribution < -0.4 is 0 Å². The van der Waals surface area contributed by atoms with Crippen LogP contribution in [0.25, 0.3) is 0 Å². The minimum Gasteiger partial charge on any atom is -0.276 e. The smallest absolute Gasteiger partial charge is 0.248 e. The van der Waals surface area contributed by atoms with Crippen LogP contribution in [-0.2, 0) is 4.79 Å². The van der Waals surface area contributed by atoms with Crippen molar-refractivity contribution in [3.63, 3.8) is 0 Å². The summed E-state index contributed by atoms with van der Waals surface area (Å²) in [6, 6.07) is 0. The van der Waals surface area contributed by atoms with Crippen LogP contribution >= 0.6 is 11.6 Å². The highest BCUT2D eigenvalue weighted by atomic mass is 35.5. The summed E-state index contributed by atoms with van der Waals surface area (Å²) < 4.78 is 0. The van der Waals surface area contributed by atoms with Gasteiger partial charge in [0, 0.05) is 5.57 Å². The van der Waals surface area contributed by atoms with Crippen molar-refractivity contribution in [1.82, 2.24) is 0 Å². The number of carbonyl (C=O) groups excluding carboxylic acids is 1. The molecule has 52 valence electrons. The van der Waals surface area contributed by atoms with Crippen LogP contribution in [-0.4, -0.2) is 5.24 Å². The van der Waals surface area contributed by atoms with E-state index in [0.29, 0.717) is 12.0 Å². The van der Waals surface area contributed by atoms with Gasteiger partial charge in [-0.2, -0.15) is 0 Å². The van der Waals surface area contributed by atoms with Crippen molar-refractivity contribution in [1.29, 1.82) is 0 Å². The van der Waals surface area contributed by atoms with Gasteiger partial charge in [0.25, 0.3) is 0 Å². The first-order chi connectivity index (χ1) is 4.80. The Morgan fingerprint density at radius 1 is 1.40 bits per heavy atom. The Hall–Kier alpha value is -0.820. The second-order valence-electron chi connectivity index (χ2n) is 1.98. The predicted molar refractivity (Wildman–Crippen MR) is 41.8 cm³/mol. The average Bonchev–Trinajstić information content (AvgIpc) is 2.12. The van der Waals surface area contributed by atoms with Gasteiger partial charge in [-0.1, -0.05) is 30.4 Å². The van der Waals surface area contributed by atoms with E-state index in [1.165, 1.54) is 0 Å². The zero-order chi connectivity index (χ0) is 7.40. The lowest BCUT2D eigenvalue weighted by Crippen LogP contribution is -1.90. The lowest BCUT2D eigenvalue weighted by molar-refractivity contribution is -0.108. The molecule has 0 aromatic heterocycles. The lowest BCUT2D eigenvalue weighted by Gasteiger charge is -1.91. The van der Waals surface area contributed by atoms with Gasteiger partial charge in [0.05, 0.1) is 0 Å². The zero-order valence-electron chi connectivity index (χ0n) is 5.38. The highest BCUT2D eigenvalue weighted by Gasteiger charge is 2.02. The van der Waals surface area contributed by atoms with Crippen molar-refractivity contribution in [2.45, 2.75) is 6.42 Å². The molecule has 0 amide bonds. The zero-order valence-corrected chi connectivity index (χ0v) is 6.14. The van der Waals surface area contributed by atoms with Gasteiger partial charge in [-0.05, 0) is 18.0 Å². The molecular weight excluding hydrogens is 148 g/mol. The molecule has 0 aromatic rings. The number of carbonyl (C=O) groups is 1. The Kier molecular flexibility index (Phi) is 2.46. The summed E-state index contributed by atoms with van der Waals surface area (Å²) in [6.07, 6.45) is 9.83. The standard InChI is InChI=1S/C8H7ClO/c9-8(10)7-5-3-1-2-4-6-7/h1-5H,6H2. The van der Waals surface area contributed by atoms with Gasteiger partial charge < -0.3 is 0 Å². The predicted octanol–water partition coefficient (Wildman–Crippen LogP) is 2.19. The van der Waals surface area contributed by atoms with Gasteiger partial charge in [0.15, 0.2) is 0 Å². The summed E-state index contributed by atoms with van der Waals surface area (Å²) in [7, 11) is 0. The van der Waals surface area contributed by atoms with E-state index < -0.39 is 0 Å². The summed E-state index contributed by atoms with van der Waals surface area (Å²) in [5.41, 5.74) is 0.645. The highest BCUT2D eigenvalue weighted by Crippen LogP contribution is 2.09. The van der Waals surface area contributed by atoms with E-state index in [1.807, 2.05) is 18.2 Å². The molecule has 1 aliphatic rings. The third kappa shape index (κ3) is 1.85. The van der Waals surface area contributed by atoms with E-state index in [1.54, 1.807) is 12.2 Å². The van der Waals surface area contributed by atoms with Crippen LogP contribution in [0.3, 0.4) is 0 Å². The second-order valence-corrected chi connectivity index (χ2v) is 2.33. The van der Waals surface area contributed by atoms with Crippen molar-refractivity contribution in [2.75, 3.05) is 0 Å². The largest absolute Gasteiger partial charge is 0.276 e. The molecule has 0 aliphatic heterocycles. The molecule has 0 saturated heterocycles. The Balaban J connectivity index is 2.78. The van der Waals surface area contributed by atoms with Crippen LogP contribution in [0, 0.1) is 0 Å². The van der Waals surface area contributed by atoms with Gasteiger partial charge >= 0.3 is 0 Å². The quantitative estimate of drug-likeness (QED) is 0.530. The summed E-state index contributed by atoms with van der Waals surface area (Å²) in [4.78, 5) is 10.6. The van der Waals surface area contributed by atoms with Crippen molar-refractivity contribution in [3.05, 3.63) is 36.0 Å². The second kappa shape index (κ2) is 3.37. The van der Waals surface area contributed by atoms with E-state index in [-0.39, 0.29) is 5.24 Å². The molecule has 1 aliphatic carbocycles. The Bertz CT molecular complexity index is 223. The topological polar surface area (TPSA) is 17.1 Å². The molecule has 2 heteroatoms. The molecule has 0 spiro atoms. The Morgan fingerprint density at radius 3 is 2.90 bits per heavy atom. The average molecular weight is 155 g/mol. The normalized spacial score (nSPS) is 16.3. The van der Waals surface area contributed by atoms with Gasteiger partial charge in [0.2, 0.25) is 5.24 Å². The van der Waals surface area contributed by atoms with Crippen LogP contribution in [0.1, 0.15) is 6.42 Å². The van der Waals surface area contributed by atoms with E-state index in [0.717, 1.165) is 0 Å². The monoisotopic (exact) mass is 154 g/mol. The van der Waals surface area contributed by atoms with Crippen LogP contribution in [0.5, 0.6) is 0 Å². The van der Waals surface area contributed by atoms with E-state index in [4.69, 9.17) is 11.6 Å². The van der Waals surface area contributed by atoms with Crippen molar-refractivity contribution < 1.29 is 4.79 Å². The van der Waals surface area contributed by atoms with E-state index >= 15 is 0 Å². The molecule has 0 atom stereocenters. The van der Waals surface area contributed by atoms with Gasteiger partial charge in [0.1, 0.15) is 0 Å². The molecule has 0 N–H and O–H groups in total. The van der Waals surface area contributed by atoms with Gasteiger partial charge in [-0.15, -0.1) is 0 Å². The molecule has 0 fully saturated rings.